The maximum atomic E-state index is 14.7. The number of para-hydroxylation sites is 1. The topological polar surface area (TPSA) is 35.6 Å². The fourth-order valence-corrected chi connectivity index (χ4v) is 5.77. The molecule has 0 aliphatic heterocycles. The van der Waals surface area contributed by atoms with Crippen LogP contribution < -0.4 is 0 Å². The van der Waals surface area contributed by atoms with E-state index in [9.17, 15) is 13.2 Å². The number of halogens is 3. The molecule has 0 unspecified atom stereocenters. The Morgan fingerprint density at radius 2 is 1.51 bits per heavy atom. The van der Waals surface area contributed by atoms with Crippen molar-refractivity contribution in [2.24, 2.45) is 0 Å². The van der Waals surface area contributed by atoms with Gasteiger partial charge in [0.25, 0.3) is 0 Å². The van der Waals surface area contributed by atoms with Gasteiger partial charge in [0.2, 0.25) is 0 Å². The van der Waals surface area contributed by atoms with Gasteiger partial charge < -0.3 is 4.57 Å². The van der Waals surface area contributed by atoms with E-state index in [1.165, 1.54) is 12.8 Å². The van der Waals surface area contributed by atoms with Crippen molar-refractivity contribution in [1.82, 2.24) is 19.3 Å². The van der Waals surface area contributed by atoms with Crippen LogP contribution >= 0.6 is 0 Å². The van der Waals surface area contributed by atoms with Crippen LogP contribution in [0.1, 0.15) is 48.7 Å². The average molecular weight is 501 g/mol. The van der Waals surface area contributed by atoms with Crippen molar-refractivity contribution in [3.63, 3.8) is 0 Å². The molecule has 3 heterocycles. The van der Waals surface area contributed by atoms with Crippen LogP contribution in [0.3, 0.4) is 0 Å². The summed E-state index contributed by atoms with van der Waals surface area (Å²) in [6.07, 6.45) is -0.0589. The Labute approximate surface area is 213 Å². The van der Waals surface area contributed by atoms with Crippen molar-refractivity contribution in [2.45, 2.75) is 51.7 Å². The van der Waals surface area contributed by atoms with Crippen LogP contribution in [0.2, 0.25) is 0 Å². The van der Waals surface area contributed by atoms with Crippen LogP contribution in [-0.2, 0) is 6.18 Å². The zero-order valence-electron chi connectivity index (χ0n) is 20.8. The normalized spacial score (nSPS) is 14.6. The number of hydrogen-bond acceptors (Lipinski definition) is 2. The Kier molecular flexibility index (Phi) is 5.66. The minimum atomic E-state index is -4.58. The molecule has 188 valence electrons. The van der Waals surface area contributed by atoms with Crippen molar-refractivity contribution in [3.05, 3.63) is 89.7 Å². The van der Waals surface area contributed by atoms with Crippen molar-refractivity contribution in [1.29, 1.82) is 0 Å². The molecule has 0 amide bonds. The maximum Gasteiger partial charge on any atom is 0.417 e. The molecule has 37 heavy (non-hydrogen) atoms. The number of rotatable bonds is 4. The molecule has 5 aromatic rings. The van der Waals surface area contributed by atoms with Gasteiger partial charge >= 0.3 is 6.18 Å². The Bertz CT molecular complexity index is 1570. The van der Waals surface area contributed by atoms with Crippen molar-refractivity contribution in [3.8, 4) is 28.2 Å². The molecule has 0 N–H and O–H groups in total. The van der Waals surface area contributed by atoms with E-state index in [-0.39, 0.29) is 16.7 Å². The van der Waals surface area contributed by atoms with Crippen LogP contribution in [0.15, 0.2) is 72.8 Å². The summed E-state index contributed by atoms with van der Waals surface area (Å²) in [5.74, 6) is 0. The molecule has 6 rings (SSSR count). The monoisotopic (exact) mass is 500 g/mol. The number of alkyl halides is 3. The summed E-state index contributed by atoms with van der Waals surface area (Å²) >= 11 is 0. The lowest BCUT2D eigenvalue weighted by molar-refractivity contribution is -0.136. The Balaban J connectivity index is 1.68. The van der Waals surface area contributed by atoms with Gasteiger partial charge in [-0.25, -0.2) is 9.67 Å². The average Bonchev–Trinajstić information content (AvgIpc) is 3.62. The van der Waals surface area contributed by atoms with Gasteiger partial charge in [0.15, 0.2) is 5.65 Å². The van der Waals surface area contributed by atoms with Gasteiger partial charge in [-0.15, -0.1) is 0 Å². The molecule has 1 saturated carbocycles. The predicted octanol–water partition coefficient (Wildman–Crippen LogP) is 8.31. The second kappa shape index (κ2) is 8.91. The van der Waals surface area contributed by atoms with E-state index in [4.69, 9.17) is 10.1 Å². The highest BCUT2D eigenvalue weighted by Gasteiger charge is 2.37. The van der Waals surface area contributed by atoms with E-state index in [1.54, 1.807) is 28.9 Å². The molecule has 0 bridgehead atoms. The van der Waals surface area contributed by atoms with E-state index < -0.39 is 11.7 Å². The standard InChI is InChI=1S/C30H27F3N4/c1-19-17-24(20(2)36(19)22-13-9-10-14-22)28-27-25(30(31,32)33)18-26(21-11-5-3-6-12-21)34-29(27)37(35-28)23-15-7-4-8-16-23/h3-8,11-12,15-18,22H,9-10,13-14H2,1-2H3. The second-order valence-electron chi connectivity index (χ2n) is 9.81. The van der Waals surface area contributed by atoms with Gasteiger partial charge in [-0.3, -0.25) is 0 Å². The second-order valence-corrected chi connectivity index (χ2v) is 9.81. The third kappa shape index (κ3) is 4.02. The van der Waals surface area contributed by atoms with Gasteiger partial charge in [0.1, 0.15) is 5.69 Å². The summed E-state index contributed by atoms with van der Waals surface area (Å²) in [5, 5.41) is 4.85. The van der Waals surface area contributed by atoms with Crippen molar-refractivity contribution >= 4 is 11.0 Å². The first-order valence-electron chi connectivity index (χ1n) is 12.6. The minimum absolute atomic E-state index is 0.0303. The number of fused-ring (bicyclic) bond motifs is 1. The maximum absolute atomic E-state index is 14.7. The van der Waals surface area contributed by atoms with Crippen molar-refractivity contribution in [2.75, 3.05) is 0 Å². The van der Waals surface area contributed by atoms with E-state index in [2.05, 4.69) is 4.57 Å². The highest BCUT2D eigenvalue weighted by molar-refractivity contribution is 5.97. The molecule has 1 aliphatic rings. The first-order chi connectivity index (χ1) is 17.8. The lowest BCUT2D eigenvalue weighted by atomic mass is 10.0. The van der Waals surface area contributed by atoms with E-state index in [0.29, 0.717) is 23.0 Å². The molecule has 2 aromatic carbocycles. The van der Waals surface area contributed by atoms with Gasteiger partial charge in [-0.05, 0) is 51.0 Å². The first kappa shape index (κ1) is 23.5. The van der Waals surface area contributed by atoms with E-state index in [1.807, 2.05) is 56.3 Å². The zero-order chi connectivity index (χ0) is 25.7. The molecule has 0 saturated heterocycles. The van der Waals surface area contributed by atoms with Gasteiger partial charge in [0.05, 0.1) is 22.3 Å². The summed E-state index contributed by atoms with van der Waals surface area (Å²) in [5.41, 5.74) is 4.05. The Morgan fingerprint density at radius 1 is 0.865 bits per heavy atom. The van der Waals surface area contributed by atoms with E-state index >= 15 is 0 Å². The number of aryl methyl sites for hydroxylation is 1. The highest BCUT2D eigenvalue weighted by atomic mass is 19.4. The van der Waals surface area contributed by atoms with Crippen molar-refractivity contribution < 1.29 is 13.2 Å². The molecule has 1 fully saturated rings. The molecule has 0 spiro atoms. The molecule has 7 heteroatoms. The van der Waals surface area contributed by atoms with Crippen LogP contribution in [0.4, 0.5) is 13.2 Å². The van der Waals surface area contributed by atoms with E-state index in [0.717, 1.165) is 35.9 Å². The molecule has 3 aromatic heterocycles. The molecule has 1 aliphatic carbocycles. The highest BCUT2D eigenvalue weighted by Crippen LogP contribution is 2.44. The van der Waals surface area contributed by atoms with Crippen LogP contribution in [-0.4, -0.2) is 19.3 Å². The predicted molar refractivity (Wildman–Crippen MR) is 140 cm³/mol. The largest absolute Gasteiger partial charge is 0.417 e. The first-order valence-corrected chi connectivity index (χ1v) is 12.6. The summed E-state index contributed by atoms with van der Waals surface area (Å²) in [6, 6.07) is 21.7. The third-order valence-electron chi connectivity index (χ3n) is 7.44. The van der Waals surface area contributed by atoms with Crippen LogP contribution in [0.25, 0.3) is 39.2 Å². The summed E-state index contributed by atoms with van der Waals surface area (Å²) < 4.78 is 47.9. The Hall–Kier alpha value is -3.87. The lowest BCUT2D eigenvalue weighted by Crippen LogP contribution is -2.09. The number of aromatic nitrogens is 4. The molecule has 4 nitrogen and oxygen atoms in total. The van der Waals surface area contributed by atoms with Gasteiger partial charge in [-0.2, -0.15) is 18.3 Å². The fraction of sp³-hybridized carbons (Fsp3) is 0.267. The summed E-state index contributed by atoms with van der Waals surface area (Å²) in [7, 11) is 0. The molecular weight excluding hydrogens is 473 g/mol. The summed E-state index contributed by atoms with van der Waals surface area (Å²) in [4.78, 5) is 4.77. The SMILES string of the molecule is Cc1cc(-c2nn(-c3ccccc3)c3nc(-c4ccccc4)cc(C(F)(F)F)c23)c(C)n1C1CCCC1. The molecule has 0 atom stereocenters. The number of hydrogen-bond donors (Lipinski definition) is 0. The molecular formula is C30H27F3N4. The number of benzene rings is 2. The van der Waals surface area contributed by atoms with Crippen LogP contribution in [0.5, 0.6) is 0 Å². The van der Waals surface area contributed by atoms with Crippen LogP contribution in [0, 0.1) is 13.8 Å². The number of nitrogens with zero attached hydrogens (tertiary/aromatic N) is 4. The summed E-state index contributed by atoms with van der Waals surface area (Å²) in [6.45, 7) is 4.02. The fourth-order valence-electron chi connectivity index (χ4n) is 5.77. The lowest BCUT2D eigenvalue weighted by Gasteiger charge is -2.17. The van der Waals surface area contributed by atoms with Gasteiger partial charge in [-0.1, -0.05) is 61.4 Å². The smallest absolute Gasteiger partial charge is 0.345 e. The zero-order valence-corrected chi connectivity index (χ0v) is 20.8. The Morgan fingerprint density at radius 3 is 2.16 bits per heavy atom. The number of pyridine rings is 1. The third-order valence-corrected chi connectivity index (χ3v) is 7.44. The molecule has 0 radical (unpaired) electrons. The quantitative estimate of drug-likeness (QED) is 0.249. The van der Waals surface area contributed by atoms with Gasteiger partial charge in [0, 0.05) is 28.6 Å². The minimum Gasteiger partial charge on any atom is -0.345 e.